The largest absolute Gasteiger partial charge is 0.305 e. The molecular weight excluding hydrogens is 252 g/mol. The summed E-state index contributed by atoms with van der Waals surface area (Å²) in [6.07, 6.45) is 0. The highest BCUT2D eigenvalue weighted by atomic mass is 35.5. The predicted molar refractivity (Wildman–Crippen MR) is 73.8 cm³/mol. The number of thiazole rings is 1. The van der Waals surface area contributed by atoms with Crippen LogP contribution in [0.4, 0.5) is 0 Å². The second kappa shape index (κ2) is 5.63. The van der Waals surface area contributed by atoms with E-state index >= 15 is 0 Å². The molecule has 1 unspecified atom stereocenters. The zero-order valence-electron chi connectivity index (χ0n) is 9.90. The second-order valence-electron chi connectivity index (χ2n) is 3.83. The van der Waals surface area contributed by atoms with Gasteiger partial charge < -0.3 is 5.32 Å². The summed E-state index contributed by atoms with van der Waals surface area (Å²) in [7, 11) is 0. The SMILES string of the molecule is CCNC(c1ccc(Cl)cc1)c1csc(C)n1. The fraction of sp³-hybridized carbons (Fsp3) is 0.308. The van der Waals surface area contributed by atoms with Gasteiger partial charge in [0.1, 0.15) is 0 Å². The van der Waals surface area contributed by atoms with E-state index in [-0.39, 0.29) is 6.04 Å². The van der Waals surface area contributed by atoms with Gasteiger partial charge >= 0.3 is 0 Å². The molecule has 0 aliphatic heterocycles. The van der Waals surface area contributed by atoms with Gasteiger partial charge in [-0.25, -0.2) is 4.98 Å². The minimum atomic E-state index is 0.155. The number of rotatable bonds is 4. The lowest BCUT2D eigenvalue weighted by Gasteiger charge is -2.16. The monoisotopic (exact) mass is 266 g/mol. The van der Waals surface area contributed by atoms with Gasteiger partial charge in [0, 0.05) is 10.4 Å². The molecule has 0 bridgehead atoms. The van der Waals surface area contributed by atoms with Crippen molar-refractivity contribution in [2.24, 2.45) is 0 Å². The lowest BCUT2D eigenvalue weighted by atomic mass is 10.0. The third kappa shape index (κ3) is 3.06. The molecule has 0 aliphatic carbocycles. The molecule has 90 valence electrons. The van der Waals surface area contributed by atoms with Crippen LogP contribution in [-0.4, -0.2) is 11.5 Å². The van der Waals surface area contributed by atoms with Crippen molar-refractivity contribution in [1.82, 2.24) is 10.3 Å². The molecule has 17 heavy (non-hydrogen) atoms. The van der Waals surface area contributed by atoms with E-state index in [1.165, 1.54) is 5.56 Å². The second-order valence-corrected chi connectivity index (χ2v) is 5.33. The van der Waals surface area contributed by atoms with E-state index < -0.39 is 0 Å². The zero-order chi connectivity index (χ0) is 12.3. The summed E-state index contributed by atoms with van der Waals surface area (Å²) in [4.78, 5) is 4.55. The fourth-order valence-corrected chi connectivity index (χ4v) is 2.53. The zero-order valence-corrected chi connectivity index (χ0v) is 11.5. The normalized spacial score (nSPS) is 12.6. The lowest BCUT2D eigenvalue weighted by molar-refractivity contribution is 0.618. The maximum absolute atomic E-state index is 5.91. The number of aromatic nitrogens is 1. The average molecular weight is 267 g/mol. The molecule has 0 saturated heterocycles. The highest BCUT2D eigenvalue weighted by Gasteiger charge is 2.15. The molecule has 0 fully saturated rings. The Balaban J connectivity index is 2.31. The molecule has 1 aromatic carbocycles. The van der Waals surface area contributed by atoms with Gasteiger partial charge in [-0.05, 0) is 31.2 Å². The van der Waals surface area contributed by atoms with Gasteiger partial charge in [0.15, 0.2) is 0 Å². The number of aryl methyl sites for hydroxylation is 1. The molecule has 0 saturated carbocycles. The van der Waals surface area contributed by atoms with Crippen LogP contribution in [0, 0.1) is 6.92 Å². The molecule has 1 atom stereocenters. The summed E-state index contributed by atoms with van der Waals surface area (Å²) in [5.74, 6) is 0. The van der Waals surface area contributed by atoms with Crippen LogP contribution in [0.15, 0.2) is 29.6 Å². The molecule has 0 spiro atoms. The van der Waals surface area contributed by atoms with Crippen molar-refractivity contribution >= 4 is 22.9 Å². The first-order valence-corrected chi connectivity index (χ1v) is 6.87. The van der Waals surface area contributed by atoms with Crippen molar-refractivity contribution in [3.05, 3.63) is 50.9 Å². The van der Waals surface area contributed by atoms with Gasteiger partial charge in [-0.1, -0.05) is 30.7 Å². The molecule has 2 aromatic rings. The molecule has 1 N–H and O–H groups in total. The number of nitrogens with zero attached hydrogens (tertiary/aromatic N) is 1. The minimum absolute atomic E-state index is 0.155. The highest BCUT2D eigenvalue weighted by Crippen LogP contribution is 2.24. The van der Waals surface area contributed by atoms with Crippen molar-refractivity contribution in [3.63, 3.8) is 0 Å². The van der Waals surface area contributed by atoms with Crippen LogP contribution in [0.3, 0.4) is 0 Å². The van der Waals surface area contributed by atoms with E-state index in [2.05, 4.69) is 22.6 Å². The Morgan fingerprint density at radius 3 is 2.59 bits per heavy atom. The highest BCUT2D eigenvalue weighted by molar-refractivity contribution is 7.09. The number of nitrogens with one attached hydrogen (secondary N) is 1. The van der Waals surface area contributed by atoms with Gasteiger partial charge in [0.25, 0.3) is 0 Å². The lowest BCUT2D eigenvalue weighted by Crippen LogP contribution is -2.22. The Morgan fingerprint density at radius 1 is 1.35 bits per heavy atom. The van der Waals surface area contributed by atoms with Gasteiger partial charge in [-0.3, -0.25) is 0 Å². The molecule has 1 aromatic heterocycles. The maximum Gasteiger partial charge on any atom is 0.0898 e. The van der Waals surface area contributed by atoms with Gasteiger partial charge in [-0.2, -0.15) is 0 Å². The molecule has 1 heterocycles. The quantitative estimate of drug-likeness (QED) is 0.910. The first-order valence-electron chi connectivity index (χ1n) is 5.61. The van der Waals surface area contributed by atoms with E-state index in [4.69, 9.17) is 11.6 Å². The first-order chi connectivity index (χ1) is 8.20. The van der Waals surface area contributed by atoms with Gasteiger partial charge in [-0.15, -0.1) is 11.3 Å². The number of hydrogen-bond donors (Lipinski definition) is 1. The Kier molecular flexibility index (Phi) is 4.15. The van der Waals surface area contributed by atoms with Crippen LogP contribution >= 0.6 is 22.9 Å². The summed E-state index contributed by atoms with van der Waals surface area (Å²) in [6.45, 7) is 5.03. The molecule has 2 rings (SSSR count). The van der Waals surface area contributed by atoms with E-state index in [0.717, 1.165) is 22.3 Å². The van der Waals surface area contributed by atoms with Gasteiger partial charge in [0.2, 0.25) is 0 Å². The Hall–Kier alpha value is -0.900. The Morgan fingerprint density at radius 2 is 2.06 bits per heavy atom. The van der Waals surface area contributed by atoms with Crippen LogP contribution in [0.1, 0.15) is 29.2 Å². The number of halogens is 1. The Labute approximate surface area is 111 Å². The molecule has 4 heteroatoms. The van der Waals surface area contributed by atoms with Crippen LogP contribution in [0.5, 0.6) is 0 Å². The summed E-state index contributed by atoms with van der Waals surface area (Å²) in [5.41, 5.74) is 2.28. The van der Waals surface area contributed by atoms with E-state index in [1.807, 2.05) is 31.2 Å². The van der Waals surface area contributed by atoms with Crippen LogP contribution < -0.4 is 5.32 Å². The van der Waals surface area contributed by atoms with Crippen LogP contribution in [-0.2, 0) is 0 Å². The van der Waals surface area contributed by atoms with E-state index in [0.29, 0.717) is 0 Å². The van der Waals surface area contributed by atoms with E-state index in [1.54, 1.807) is 11.3 Å². The molecule has 2 nitrogen and oxygen atoms in total. The minimum Gasteiger partial charge on any atom is -0.305 e. The molecular formula is C13H15ClN2S. The Bertz CT molecular complexity index is 478. The topological polar surface area (TPSA) is 24.9 Å². The molecule has 0 amide bonds. The summed E-state index contributed by atoms with van der Waals surface area (Å²) < 4.78 is 0. The van der Waals surface area contributed by atoms with Crippen LogP contribution in [0.2, 0.25) is 5.02 Å². The number of benzene rings is 1. The van der Waals surface area contributed by atoms with Crippen molar-refractivity contribution < 1.29 is 0 Å². The van der Waals surface area contributed by atoms with Crippen LogP contribution in [0.25, 0.3) is 0 Å². The van der Waals surface area contributed by atoms with Crippen molar-refractivity contribution in [2.75, 3.05) is 6.54 Å². The average Bonchev–Trinajstić information content (AvgIpc) is 2.74. The standard InChI is InChI=1S/C13H15ClN2S/c1-3-15-13(12-8-17-9(2)16-12)10-4-6-11(14)7-5-10/h4-8,13,15H,3H2,1-2H3. The molecule has 0 aliphatic rings. The maximum atomic E-state index is 5.91. The third-order valence-electron chi connectivity index (χ3n) is 2.54. The van der Waals surface area contributed by atoms with Crippen molar-refractivity contribution in [3.8, 4) is 0 Å². The van der Waals surface area contributed by atoms with E-state index in [9.17, 15) is 0 Å². The summed E-state index contributed by atoms with van der Waals surface area (Å²) in [5, 5.41) is 7.41. The first kappa shape index (κ1) is 12.6. The third-order valence-corrected chi connectivity index (χ3v) is 3.59. The van der Waals surface area contributed by atoms with Crippen molar-refractivity contribution in [1.29, 1.82) is 0 Å². The smallest absolute Gasteiger partial charge is 0.0898 e. The summed E-state index contributed by atoms with van der Waals surface area (Å²) in [6, 6.07) is 8.08. The summed E-state index contributed by atoms with van der Waals surface area (Å²) >= 11 is 7.59. The molecule has 0 radical (unpaired) electrons. The van der Waals surface area contributed by atoms with Gasteiger partial charge in [0.05, 0.1) is 16.7 Å². The fourth-order valence-electron chi connectivity index (χ4n) is 1.77. The number of hydrogen-bond acceptors (Lipinski definition) is 3. The van der Waals surface area contributed by atoms with Crippen molar-refractivity contribution in [2.45, 2.75) is 19.9 Å². The predicted octanol–water partition coefficient (Wildman–Crippen LogP) is 3.80.